The number of hydrogen-bond donors (Lipinski definition) is 3. The van der Waals surface area contributed by atoms with Crippen LogP contribution in [-0.4, -0.2) is 42.5 Å². The molecule has 0 aromatic carbocycles. The van der Waals surface area contributed by atoms with Gasteiger partial charge in [0.2, 0.25) is 0 Å². The van der Waals surface area contributed by atoms with Gasteiger partial charge in [-0.25, -0.2) is 4.79 Å². The Kier molecular flexibility index (Phi) is 4.23. The topological polar surface area (TPSA) is 70.6 Å². The standard InChI is InChI=1S/C12H22N2O3/c15-7-6-13-11(16)14-10-3-8-17-12(9-10)4-1-2-5-12/h10,15H,1-9H2,(H2,13,14,16). The maximum absolute atomic E-state index is 11.5. The summed E-state index contributed by atoms with van der Waals surface area (Å²) in [6.45, 7) is 1.02. The number of aliphatic hydroxyl groups excluding tert-OH is 1. The molecule has 98 valence electrons. The Bertz CT molecular complexity index is 264. The average Bonchev–Trinajstić information content (AvgIpc) is 2.74. The van der Waals surface area contributed by atoms with Gasteiger partial charge >= 0.3 is 6.03 Å². The minimum atomic E-state index is -0.181. The van der Waals surface area contributed by atoms with E-state index in [4.69, 9.17) is 9.84 Å². The second kappa shape index (κ2) is 5.69. The molecule has 2 fully saturated rings. The smallest absolute Gasteiger partial charge is 0.315 e. The first-order valence-corrected chi connectivity index (χ1v) is 6.53. The van der Waals surface area contributed by atoms with Gasteiger partial charge in [0.25, 0.3) is 0 Å². The molecule has 1 atom stereocenters. The zero-order chi connectivity index (χ0) is 12.1. The van der Waals surface area contributed by atoms with E-state index < -0.39 is 0 Å². The SMILES string of the molecule is O=C(NCCO)NC1CCOC2(CCCC2)C1. The molecule has 1 unspecified atom stereocenters. The lowest BCUT2D eigenvalue weighted by Gasteiger charge is -2.38. The highest BCUT2D eigenvalue weighted by Gasteiger charge is 2.40. The maximum atomic E-state index is 11.5. The van der Waals surface area contributed by atoms with Crippen LogP contribution >= 0.6 is 0 Å². The Morgan fingerprint density at radius 3 is 2.88 bits per heavy atom. The molecular formula is C12H22N2O3. The van der Waals surface area contributed by atoms with Crippen molar-refractivity contribution in [3.63, 3.8) is 0 Å². The summed E-state index contributed by atoms with van der Waals surface area (Å²) < 4.78 is 5.91. The highest BCUT2D eigenvalue weighted by Crippen LogP contribution is 2.39. The van der Waals surface area contributed by atoms with Gasteiger partial charge in [0.15, 0.2) is 0 Å². The van der Waals surface area contributed by atoms with Gasteiger partial charge in [0.05, 0.1) is 12.2 Å². The maximum Gasteiger partial charge on any atom is 0.315 e. The Morgan fingerprint density at radius 1 is 1.41 bits per heavy atom. The quantitative estimate of drug-likeness (QED) is 0.684. The number of ether oxygens (including phenoxy) is 1. The van der Waals surface area contributed by atoms with Gasteiger partial charge in [-0.2, -0.15) is 0 Å². The zero-order valence-electron chi connectivity index (χ0n) is 10.2. The molecule has 1 aliphatic heterocycles. The zero-order valence-corrected chi connectivity index (χ0v) is 10.2. The molecular weight excluding hydrogens is 220 g/mol. The van der Waals surface area contributed by atoms with E-state index in [1.165, 1.54) is 12.8 Å². The fourth-order valence-electron chi connectivity index (χ4n) is 2.92. The number of hydrogen-bond acceptors (Lipinski definition) is 3. The predicted octanol–water partition coefficient (Wildman–Crippen LogP) is 0.770. The highest BCUT2D eigenvalue weighted by molar-refractivity contribution is 5.74. The first-order valence-electron chi connectivity index (χ1n) is 6.53. The third-order valence-corrected chi connectivity index (χ3v) is 3.74. The Morgan fingerprint density at radius 2 is 2.18 bits per heavy atom. The summed E-state index contributed by atoms with van der Waals surface area (Å²) in [7, 11) is 0. The van der Waals surface area contributed by atoms with Crippen LogP contribution in [0, 0.1) is 0 Å². The fraction of sp³-hybridized carbons (Fsp3) is 0.917. The number of amides is 2. The van der Waals surface area contributed by atoms with E-state index in [2.05, 4.69) is 10.6 Å². The molecule has 1 spiro atoms. The first kappa shape index (κ1) is 12.6. The van der Waals surface area contributed by atoms with Crippen molar-refractivity contribution in [3.05, 3.63) is 0 Å². The molecule has 1 heterocycles. The lowest BCUT2D eigenvalue weighted by atomic mass is 9.89. The van der Waals surface area contributed by atoms with Gasteiger partial charge in [0.1, 0.15) is 0 Å². The summed E-state index contributed by atoms with van der Waals surface area (Å²) in [5.41, 5.74) is 0.0349. The second-order valence-corrected chi connectivity index (χ2v) is 5.05. The second-order valence-electron chi connectivity index (χ2n) is 5.05. The first-order chi connectivity index (χ1) is 8.24. The van der Waals surface area contributed by atoms with Gasteiger partial charge < -0.3 is 20.5 Å². The van der Waals surface area contributed by atoms with Crippen molar-refractivity contribution in [2.45, 2.75) is 50.2 Å². The number of urea groups is 1. The number of carbonyl (C=O) groups is 1. The van der Waals surface area contributed by atoms with E-state index in [1.807, 2.05) is 0 Å². The minimum absolute atomic E-state index is 0.0227. The minimum Gasteiger partial charge on any atom is -0.395 e. The molecule has 0 bridgehead atoms. The monoisotopic (exact) mass is 242 g/mol. The van der Waals surface area contributed by atoms with Crippen molar-refractivity contribution < 1.29 is 14.6 Å². The third-order valence-electron chi connectivity index (χ3n) is 3.74. The molecule has 2 rings (SSSR count). The van der Waals surface area contributed by atoms with E-state index in [0.717, 1.165) is 32.3 Å². The van der Waals surface area contributed by atoms with Crippen LogP contribution in [0.15, 0.2) is 0 Å². The van der Waals surface area contributed by atoms with Crippen LogP contribution in [0.3, 0.4) is 0 Å². The third kappa shape index (κ3) is 3.33. The predicted molar refractivity (Wildman–Crippen MR) is 63.8 cm³/mol. The number of aliphatic hydroxyl groups is 1. The van der Waals surface area contributed by atoms with Crippen LogP contribution in [0.5, 0.6) is 0 Å². The normalized spacial score (nSPS) is 27.0. The molecule has 0 aromatic rings. The van der Waals surface area contributed by atoms with Crippen molar-refractivity contribution in [2.24, 2.45) is 0 Å². The van der Waals surface area contributed by atoms with Gasteiger partial charge in [-0.15, -0.1) is 0 Å². The fourth-order valence-corrected chi connectivity index (χ4v) is 2.92. The molecule has 0 aromatic heterocycles. The summed E-state index contributed by atoms with van der Waals surface area (Å²) in [4.78, 5) is 11.5. The van der Waals surface area contributed by atoms with Crippen molar-refractivity contribution in [1.29, 1.82) is 0 Å². The van der Waals surface area contributed by atoms with E-state index in [0.29, 0.717) is 6.54 Å². The summed E-state index contributed by atoms with van der Waals surface area (Å²) in [5.74, 6) is 0. The van der Waals surface area contributed by atoms with E-state index in [-0.39, 0.29) is 24.3 Å². The number of nitrogens with one attached hydrogen (secondary N) is 2. The summed E-state index contributed by atoms with van der Waals surface area (Å²) in [5, 5.41) is 14.2. The summed E-state index contributed by atoms with van der Waals surface area (Å²) >= 11 is 0. The van der Waals surface area contributed by atoms with Crippen LogP contribution in [0.2, 0.25) is 0 Å². The van der Waals surface area contributed by atoms with Crippen molar-refractivity contribution >= 4 is 6.03 Å². The number of rotatable bonds is 3. The molecule has 0 radical (unpaired) electrons. The van der Waals surface area contributed by atoms with Crippen molar-refractivity contribution in [2.75, 3.05) is 19.8 Å². The van der Waals surface area contributed by atoms with E-state index >= 15 is 0 Å². The Balaban J connectivity index is 1.79. The van der Waals surface area contributed by atoms with Crippen LogP contribution in [-0.2, 0) is 4.74 Å². The van der Waals surface area contributed by atoms with Crippen molar-refractivity contribution in [3.8, 4) is 0 Å². The molecule has 3 N–H and O–H groups in total. The summed E-state index contributed by atoms with van der Waals surface area (Å²) in [6, 6.07) is 0.0274. The molecule has 5 nitrogen and oxygen atoms in total. The van der Waals surface area contributed by atoms with Gasteiger partial charge in [-0.3, -0.25) is 0 Å². The molecule has 2 amide bonds. The largest absolute Gasteiger partial charge is 0.395 e. The van der Waals surface area contributed by atoms with Crippen LogP contribution in [0.25, 0.3) is 0 Å². The Labute approximate surface area is 102 Å². The van der Waals surface area contributed by atoms with Crippen LogP contribution in [0.1, 0.15) is 38.5 Å². The van der Waals surface area contributed by atoms with E-state index in [9.17, 15) is 4.79 Å². The molecule has 1 saturated heterocycles. The van der Waals surface area contributed by atoms with Crippen LogP contribution < -0.4 is 10.6 Å². The van der Waals surface area contributed by atoms with Gasteiger partial charge in [0, 0.05) is 19.2 Å². The Hall–Kier alpha value is -0.810. The average molecular weight is 242 g/mol. The van der Waals surface area contributed by atoms with Crippen molar-refractivity contribution in [1.82, 2.24) is 10.6 Å². The molecule has 17 heavy (non-hydrogen) atoms. The summed E-state index contributed by atoms with van der Waals surface area (Å²) in [6.07, 6.45) is 6.55. The number of carbonyl (C=O) groups excluding carboxylic acids is 1. The lowest BCUT2D eigenvalue weighted by Crippen LogP contribution is -2.50. The molecule has 1 aliphatic carbocycles. The lowest BCUT2D eigenvalue weighted by molar-refractivity contribution is -0.0820. The molecule has 5 heteroatoms. The van der Waals surface area contributed by atoms with Gasteiger partial charge in [-0.1, -0.05) is 12.8 Å². The van der Waals surface area contributed by atoms with Gasteiger partial charge in [-0.05, 0) is 25.7 Å². The van der Waals surface area contributed by atoms with E-state index in [1.54, 1.807) is 0 Å². The van der Waals surface area contributed by atoms with Crippen LogP contribution in [0.4, 0.5) is 4.79 Å². The molecule has 2 aliphatic rings. The molecule has 1 saturated carbocycles. The highest BCUT2D eigenvalue weighted by atomic mass is 16.5.